The summed E-state index contributed by atoms with van der Waals surface area (Å²) in [6, 6.07) is 26.2. The molecule has 2 aliphatic heterocycles. The SMILES string of the molecule is Cc1nnn2c1-c1ccc(C(=O)N(C)C)cc1N(c1ccc(Cl)cc1)CC2.Cc1nnn2c1-c1ccc(C(=O)O)cc1N(c1ccc(Cl)cc1)CC2. The number of amides is 1. The number of carbonyl (C=O) groups excluding carboxylic acids is 1. The van der Waals surface area contributed by atoms with Gasteiger partial charge >= 0.3 is 5.97 Å². The highest BCUT2D eigenvalue weighted by molar-refractivity contribution is 6.31. The van der Waals surface area contributed by atoms with Gasteiger partial charge in [0.15, 0.2) is 0 Å². The normalized spacial score (nSPS) is 13.0. The summed E-state index contributed by atoms with van der Waals surface area (Å²) in [7, 11) is 3.52. The van der Waals surface area contributed by atoms with Crippen LogP contribution in [0.3, 0.4) is 0 Å². The Hall–Kier alpha value is -5.72. The molecule has 0 unspecified atom stereocenters. The number of carbonyl (C=O) groups is 2. The molecule has 14 heteroatoms. The molecule has 6 aromatic rings. The maximum Gasteiger partial charge on any atom is 0.335 e. The number of hydrogen-bond donors (Lipinski definition) is 1. The Balaban J connectivity index is 0.000000162. The first-order chi connectivity index (χ1) is 25.0. The molecule has 52 heavy (non-hydrogen) atoms. The second kappa shape index (κ2) is 14.1. The molecule has 0 atom stereocenters. The van der Waals surface area contributed by atoms with E-state index in [4.69, 9.17) is 23.2 Å². The van der Waals surface area contributed by atoms with Crippen molar-refractivity contribution in [1.82, 2.24) is 34.9 Å². The summed E-state index contributed by atoms with van der Waals surface area (Å²) < 4.78 is 3.79. The third-order valence-corrected chi connectivity index (χ3v) is 9.65. The van der Waals surface area contributed by atoms with Crippen molar-refractivity contribution in [2.24, 2.45) is 0 Å². The lowest BCUT2D eigenvalue weighted by Crippen LogP contribution is -2.23. The molecule has 2 aliphatic rings. The summed E-state index contributed by atoms with van der Waals surface area (Å²) >= 11 is 12.1. The number of nitrogens with zero attached hydrogens (tertiary/aromatic N) is 9. The van der Waals surface area contributed by atoms with Crippen molar-refractivity contribution in [3.8, 4) is 22.5 Å². The Morgan fingerprint density at radius 1 is 0.635 bits per heavy atom. The minimum absolute atomic E-state index is 0.0264. The number of rotatable bonds is 4. The molecule has 1 N–H and O–H groups in total. The molecule has 0 radical (unpaired) electrons. The lowest BCUT2D eigenvalue weighted by atomic mass is 10.0. The topological polar surface area (TPSA) is 126 Å². The molecular formula is C38H35Cl2N9O3. The zero-order valence-electron chi connectivity index (χ0n) is 29.0. The number of aromatic carboxylic acids is 1. The van der Waals surface area contributed by atoms with Crippen molar-refractivity contribution in [3.63, 3.8) is 0 Å². The number of benzene rings is 4. The fourth-order valence-corrected chi connectivity index (χ4v) is 6.88. The van der Waals surface area contributed by atoms with Crippen molar-refractivity contribution in [2.45, 2.75) is 26.9 Å². The number of carboxylic acid groups (broad SMARTS) is 1. The van der Waals surface area contributed by atoms with Crippen LogP contribution in [-0.2, 0) is 13.1 Å². The molecule has 1 amide bonds. The van der Waals surface area contributed by atoms with Gasteiger partial charge in [0.2, 0.25) is 0 Å². The summed E-state index contributed by atoms with van der Waals surface area (Å²) in [6.45, 7) is 6.57. The third-order valence-electron chi connectivity index (χ3n) is 9.14. The van der Waals surface area contributed by atoms with E-state index in [0.29, 0.717) is 41.8 Å². The predicted molar refractivity (Wildman–Crippen MR) is 202 cm³/mol. The summed E-state index contributed by atoms with van der Waals surface area (Å²) in [5, 5.41) is 27.7. The highest BCUT2D eigenvalue weighted by atomic mass is 35.5. The van der Waals surface area contributed by atoms with Crippen LogP contribution in [0.4, 0.5) is 22.7 Å². The molecule has 0 spiro atoms. The van der Waals surface area contributed by atoms with Gasteiger partial charge in [-0.25, -0.2) is 14.2 Å². The number of hydrogen-bond acceptors (Lipinski definition) is 8. The highest BCUT2D eigenvalue weighted by Gasteiger charge is 2.27. The van der Waals surface area contributed by atoms with E-state index >= 15 is 0 Å². The van der Waals surface area contributed by atoms with Gasteiger partial charge in [-0.05, 0) is 98.8 Å². The van der Waals surface area contributed by atoms with E-state index in [-0.39, 0.29) is 11.5 Å². The van der Waals surface area contributed by atoms with Crippen LogP contribution in [-0.4, -0.2) is 79.1 Å². The van der Waals surface area contributed by atoms with Crippen LogP contribution in [0.1, 0.15) is 32.1 Å². The summed E-state index contributed by atoms with van der Waals surface area (Å²) in [6.07, 6.45) is 0. The minimum atomic E-state index is -0.952. The second-order valence-electron chi connectivity index (χ2n) is 12.7. The largest absolute Gasteiger partial charge is 0.478 e. The third kappa shape index (κ3) is 6.58. The fraction of sp³-hybridized carbons (Fsp3) is 0.211. The van der Waals surface area contributed by atoms with E-state index in [1.165, 1.54) is 0 Å². The van der Waals surface area contributed by atoms with Gasteiger partial charge in [0.25, 0.3) is 5.91 Å². The van der Waals surface area contributed by atoms with Crippen molar-refractivity contribution >= 4 is 57.8 Å². The van der Waals surface area contributed by atoms with Crippen LogP contribution in [0.2, 0.25) is 10.0 Å². The van der Waals surface area contributed by atoms with Gasteiger partial charge in [-0.2, -0.15) is 0 Å². The number of aryl methyl sites for hydroxylation is 2. The Morgan fingerprint density at radius 2 is 1.06 bits per heavy atom. The van der Waals surface area contributed by atoms with Gasteiger partial charge in [-0.3, -0.25) is 4.79 Å². The lowest BCUT2D eigenvalue weighted by Gasteiger charge is -2.25. The van der Waals surface area contributed by atoms with Gasteiger partial charge in [0.05, 0.1) is 52.8 Å². The van der Waals surface area contributed by atoms with Gasteiger partial charge < -0.3 is 19.8 Å². The van der Waals surface area contributed by atoms with E-state index in [2.05, 4.69) is 30.4 Å². The standard InChI is InChI=1S/C20H20ClN5O.C18H15ClN4O2/c1-13-19-17-9-4-14(20(27)24(2)3)12-18(17)25(10-11-26(19)23-22-13)16-7-5-15(21)6-8-16;1-11-17-15-7-2-12(18(24)25)10-16(15)22(8-9-23(17)21-20-11)14-5-3-13(19)4-6-14/h4-9,12H,10-11H2,1-3H3;2-7,10H,8-9H2,1H3,(H,24,25). The predicted octanol–water partition coefficient (Wildman–Crippen LogP) is 7.52. The summed E-state index contributed by atoms with van der Waals surface area (Å²) in [4.78, 5) is 29.9. The molecule has 4 aromatic carbocycles. The number of halogens is 2. The van der Waals surface area contributed by atoms with Crippen LogP contribution in [0, 0.1) is 13.8 Å². The first kappa shape index (κ1) is 34.7. The van der Waals surface area contributed by atoms with Crippen molar-refractivity contribution in [1.29, 1.82) is 0 Å². The highest BCUT2D eigenvalue weighted by Crippen LogP contribution is 2.41. The van der Waals surface area contributed by atoms with E-state index in [0.717, 1.165) is 56.7 Å². The van der Waals surface area contributed by atoms with Crippen molar-refractivity contribution in [3.05, 3.63) is 117 Å². The van der Waals surface area contributed by atoms with Gasteiger partial charge in [-0.1, -0.05) is 33.6 Å². The molecule has 0 bridgehead atoms. The van der Waals surface area contributed by atoms with Crippen LogP contribution >= 0.6 is 23.2 Å². The number of carboxylic acids is 1. The van der Waals surface area contributed by atoms with Crippen molar-refractivity contribution < 1.29 is 14.7 Å². The quantitative estimate of drug-likeness (QED) is 0.196. The van der Waals surface area contributed by atoms with E-state index in [1.807, 2.05) is 96.0 Å². The lowest BCUT2D eigenvalue weighted by molar-refractivity contribution is 0.0696. The van der Waals surface area contributed by atoms with Gasteiger partial charge in [0.1, 0.15) is 0 Å². The first-order valence-electron chi connectivity index (χ1n) is 16.6. The Kier molecular flexibility index (Phi) is 9.43. The summed E-state index contributed by atoms with van der Waals surface area (Å²) in [5.41, 5.74) is 10.2. The maximum absolute atomic E-state index is 12.5. The second-order valence-corrected chi connectivity index (χ2v) is 13.6. The molecular weight excluding hydrogens is 701 g/mol. The Morgan fingerprint density at radius 3 is 1.48 bits per heavy atom. The Bertz CT molecular complexity index is 2300. The molecule has 4 heterocycles. The van der Waals surface area contributed by atoms with Crippen molar-refractivity contribution in [2.75, 3.05) is 37.0 Å². The fourth-order valence-electron chi connectivity index (χ4n) is 6.62. The molecule has 2 aromatic heterocycles. The summed E-state index contributed by atoms with van der Waals surface area (Å²) in [5.74, 6) is -0.979. The molecule has 0 fully saturated rings. The number of fused-ring (bicyclic) bond motifs is 6. The molecule has 0 saturated heterocycles. The van der Waals surface area contributed by atoms with Crippen LogP contribution in [0.5, 0.6) is 0 Å². The number of aromatic nitrogens is 6. The Labute approximate surface area is 310 Å². The average molecular weight is 737 g/mol. The molecule has 264 valence electrons. The molecule has 12 nitrogen and oxygen atoms in total. The molecule has 0 saturated carbocycles. The van der Waals surface area contributed by atoms with Gasteiger partial charge in [0, 0.05) is 65.3 Å². The van der Waals surface area contributed by atoms with Crippen LogP contribution < -0.4 is 9.80 Å². The zero-order valence-corrected chi connectivity index (χ0v) is 30.5. The van der Waals surface area contributed by atoms with Crippen LogP contribution in [0.15, 0.2) is 84.9 Å². The zero-order chi connectivity index (χ0) is 36.7. The monoisotopic (exact) mass is 735 g/mol. The van der Waals surface area contributed by atoms with Crippen LogP contribution in [0.25, 0.3) is 22.5 Å². The molecule has 0 aliphatic carbocycles. The maximum atomic E-state index is 12.5. The van der Waals surface area contributed by atoms with E-state index in [1.54, 1.807) is 31.1 Å². The van der Waals surface area contributed by atoms with Gasteiger partial charge in [-0.15, -0.1) is 10.2 Å². The smallest absolute Gasteiger partial charge is 0.335 e. The van der Waals surface area contributed by atoms with E-state index in [9.17, 15) is 14.7 Å². The molecule has 8 rings (SSSR count). The average Bonchev–Trinajstić information content (AvgIpc) is 3.58. The first-order valence-corrected chi connectivity index (χ1v) is 17.4. The van der Waals surface area contributed by atoms with E-state index < -0.39 is 5.97 Å². The minimum Gasteiger partial charge on any atom is -0.478 e. The number of anilines is 4.